The molecule has 0 bridgehead atoms. The highest BCUT2D eigenvalue weighted by molar-refractivity contribution is 6.11. The number of nitrogens with one attached hydrogen (secondary N) is 1. The van der Waals surface area contributed by atoms with Gasteiger partial charge in [0.25, 0.3) is 5.91 Å². The van der Waals surface area contributed by atoms with Gasteiger partial charge in [-0.1, -0.05) is 30.4 Å². The zero-order chi connectivity index (χ0) is 23.8. The molecule has 1 atom stereocenters. The smallest absolute Gasteiger partial charge is 0.255 e. The highest BCUT2D eigenvalue weighted by Crippen LogP contribution is 2.39. The van der Waals surface area contributed by atoms with Gasteiger partial charge in [-0.25, -0.2) is 13.2 Å². The van der Waals surface area contributed by atoms with E-state index in [1.54, 1.807) is 12.3 Å². The molecular weight excluding hydrogens is 437 g/mol. The molecule has 3 aromatic rings. The molecule has 0 fully saturated rings. The summed E-state index contributed by atoms with van der Waals surface area (Å²) in [7, 11) is 0. The summed E-state index contributed by atoms with van der Waals surface area (Å²) in [5.74, 6) is -2.26. The summed E-state index contributed by atoms with van der Waals surface area (Å²) in [6.07, 6.45) is 7.41. The van der Waals surface area contributed by atoms with Crippen LogP contribution in [0.25, 0.3) is 5.57 Å². The summed E-state index contributed by atoms with van der Waals surface area (Å²) >= 11 is 0. The van der Waals surface area contributed by atoms with Crippen molar-refractivity contribution in [2.45, 2.75) is 6.92 Å². The molecule has 6 heteroatoms. The molecule has 1 aliphatic heterocycles. The van der Waals surface area contributed by atoms with Crippen molar-refractivity contribution in [1.29, 1.82) is 0 Å². The Morgan fingerprint density at radius 3 is 2.47 bits per heavy atom. The molecule has 168 valence electrons. The fourth-order valence-corrected chi connectivity index (χ4v) is 4.20. The monoisotopic (exact) mass is 456 g/mol. The molecule has 0 spiro atoms. The fourth-order valence-electron chi connectivity index (χ4n) is 4.20. The van der Waals surface area contributed by atoms with Crippen LogP contribution in [0.2, 0.25) is 0 Å². The third kappa shape index (κ3) is 3.99. The Labute approximate surface area is 194 Å². The molecule has 1 amide bonds. The van der Waals surface area contributed by atoms with Crippen molar-refractivity contribution < 1.29 is 18.0 Å². The summed E-state index contributed by atoms with van der Waals surface area (Å²) < 4.78 is 41.0. The molecule has 1 N–H and O–H groups in total. The minimum atomic E-state index is -0.659. The number of fused-ring (bicyclic) bond motifs is 1. The van der Waals surface area contributed by atoms with Gasteiger partial charge >= 0.3 is 0 Å². The zero-order valence-corrected chi connectivity index (χ0v) is 18.1. The first-order valence-electron chi connectivity index (χ1n) is 10.7. The number of aliphatic imine (C=N–C) groups is 1. The number of rotatable bonds is 4. The first-order valence-corrected chi connectivity index (χ1v) is 10.7. The summed E-state index contributed by atoms with van der Waals surface area (Å²) in [4.78, 5) is 17.4. The Kier molecular flexibility index (Phi) is 5.49. The van der Waals surface area contributed by atoms with E-state index in [4.69, 9.17) is 0 Å². The summed E-state index contributed by atoms with van der Waals surface area (Å²) in [5, 5.41) is 2.79. The molecule has 3 aromatic carbocycles. The highest BCUT2D eigenvalue weighted by atomic mass is 19.1. The number of amides is 1. The number of carbonyl (C=O) groups is 1. The lowest BCUT2D eigenvalue weighted by Crippen LogP contribution is -2.17. The number of hydrogen-bond acceptors (Lipinski definition) is 2. The van der Waals surface area contributed by atoms with Crippen LogP contribution in [0.4, 0.5) is 18.9 Å². The third-order valence-electron chi connectivity index (χ3n) is 5.95. The highest BCUT2D eigenvalue weighted by Gasteiger charge is 2.30. The van der Waals surface area contributed by atoms with Crippen molar-refractivity contribution in [3.05, 3.63) is 130 Å². The molecular formula is C28H19F3N2O. The molecule has 0 saturated carbocycles. The van der Waals surface area contributed by atoms with Crippen LogP contribution in [0.3, 0.4) is 0 Å². The number of allylic oxidation sites excluding steroid dienone is 5. The first kappa shape index (κ1) is 21.6. The minimum Gasteiger partial charge on any atom is -0.322 e. The van der Waals surface area contributed by atoms with Crippen LogP contribution < -0.4 is 5.32 Å². The van der Waals surface area contributed by atoms with Crippen LogP contribution in [0.15, 0.2) is 95.7 Å². The van der Waals surface area contributed by atoms with Gasteiger partial charge in [-0.2, -0.15) is 0 Å². The number of hydrogen-bond donors (Lipinski definition) is 1. The van der Waals surface area contributed by atoms with Crippen LogP contribution in [0.5, 0.6) is 0 Å². The van der Waals surface area contributed by atoms with Crippen molar-refractivity contribution in [2.24, 2.45) is 10.9 Å². The van der Waals surface area contributed by atoms with Crippen molar-refractivity contribution in [3.63, 3.8) is 0 Å². The molecule has 0 radical (unpaired) electrons. The Hall–Kier alpha value is -4.19. The molecule has 2 aliphatic rings. The maximum absolute atomic E-state index is 14.4. The molecule has 34 heavy (non-hydrogen) atoms. The number of aryl methyl sites for hydroxylation is 1. The number of benzene rings is 3. The second kappa shape index (κ2) is 8.63. The van der Waals surface area contributed by atoms with Gasteiger partial charge in [-0.3, -0.25) is 9.79 Å². The van der Waals surface area contributed by atoms with Crippen LogP contribution >= 0.6 is 0 Å². The van der Waals surface area contributed by atoms with Crippen LogP contribution in [0, 0.1) is 30.3 Å². The SMILES string of the molecule is Cc1ccc(C2=CC=CC3C2=CN=C3c2ccc(F)cc2F)cc1C(=O)Nc1ccc(F)cc1. The van der Waals surface area contributed by atoms with Gasteiger partial charge in [0, 0.05) is 35.0 Å². The van der Waals surface area contributed by atoms with Gasteiger partial charge in [0.05, 0.1) is 5.71 Å². The second-order valence-electron chi connectivity index (χ2n) is 8.16. The van der Waals surface area contributed by atoms with Crippen LogP contribution in [-0.2, 0) is 0 Å². The Morgan fingerprint density at radius 2 is 1.71 bits per heavy atom. The van der Waals surface area contributed by atoms with Gasteiger partial charge < -0.3 is 5.32 Å². The lowest BCUT2D eigenvalue weighted by atomic mass is 9.81. The third-order valence-corrected chi connectivity index (χ3v) is 5.95. The van der Waals surface area contributed by atoms with Gasteiger partial charge in [-0.15, -0.1) is 0 Å². The average molecular weight is 456 g/mol. The summed E-state index contributed by atoms with van der Waals surface area (Å²) in [6, 6.07) is 14.6. The average Bonchev–Trinajstić information content (AvgIpc) is 3.25. The van der Waals surface area contributed by atoms with Crippen molar-refractivity contribution in [1.82, 2.24) is 0 Å². The molecule has 0 saturated heterocycles. The number of carbonyl (C=O) groups excluding carboxylic acids is 1. The minimum absolute atomic E-state index is 0.256. The van der Waals surface area contributed by atoms with Gasteiger partial charge in [0.15, 0.2) is 0 Å². The van der Waals surface area contributed by atoms with Gasteiger partial charge in [0.1, 0.15) is 17.5 Å². The van der Waals surface area contributed by atoms with E-state index in [1.807, 2.05) is 37.3 Å². The first-order chi connectivity index (χ1) is 16.4. The van der Waals surface area contributed by atoms with Gasteiger partial charge in [0.2, 0.25) is 0 Å². The maximum Gasteiger partial charge on any atom is 0.255 e. The van der Waals surface area contributed by atoms with E-state index >= 15 is 0 Å². The predicted molar refractivity (Wildman–Crippen MR) is 127 cm³/mol. The Morgan fingerprint density at radius 1 is 0.941 bits per heavy atom. The van der Waals surface area contributed by atoms with E-state index in [1.165, 1.54) is 36.4 Å². The normalized spacial score (nSPS) is 16.5. The maximum atomic E-state index is 14.4. The van der Waals surface area contributed by atoms with Gasteiger partial charge in [-0.05, 0) is 71.7 Å². The number of nitrogens with zero attached hydrogens (tertiary/aromatic N) is 1. The van der Waals surface area contributed by atoms with Crippen molar-refractivity contribution >= 4 is 22.9 Å². The molecule has 1 aliphatic carbocycles. The fraction of sp³-hybridized carbons (Fsp3) is 0.0714. The van der Waals surface area contributed by atoms with E-state index in [0.29, 0.717) is 17.0 Å². The molecule has 5 rings (SSSR count). The zero-order valence-electron chi connectivity index (χ0n) is 18.1. The van der Waals surface area contributed by atoms with E-state index in [9.17, 15) is 18.0 Å². The lowest BCUT2D eigenvalue weighted by molar-refractivity contribution is 0.102. The Balaban J connectivity index is 1.43. The molecule has 1 heterocycles. The quantitative estimate of drug-likeness (QED) is 0.471. The topological polar surface area (TPSA) is 41.5 Å². The van der Waals surface area contributed by atoms with Crippen molar-refractivity contribution in [2.75, 3.05) is 5.32 Å². The number of halogens is 3. The number of anilines is 1. The molecule has 0 aromatic heterocycles. The van der Waals surface area contributed by atoms with E-state index in [-0.39, 0.29) is 23.2 Å². The predicted octanol–water partition coefficient (Wildman–Crippen LogP) is 6.62. The standard InChI is InChI=1S/C28H19F3N2O/c1-16-5-6-17(13-24(16)28(34)33-20-10-7-18(29)8-11-20)21-3-2-4-22-25(21)15-32-27(22)23-12-9-19(30)14-26(23)31/h2-15,22H,1H3,(H,33,34). The van der Waals surface area contributed by atoms with E-state index in [0.717, 1.165) is 28.3 Å². The van der Waals surface area contributed by atoms with Crippen LogP contribution in [0.1, 0.15) is 27.0 Å². The van der Waals surface area contributed by atoms with Crippen LogP contribution in [-0.4, -0.2) is 11.6 Å². The lowest BCUT2D eigenvalue weighted by Gasteiger charge is -2.21. The second-order valence-corrected chi connectivity index (χ2v) is 8.16. The molecule has 1 unspecified atom stereocenters. The van der Waals surface area contributed by atoms with Crippen molar-refractivity contribution in [3.8, 4) is 0 Å². The summed E-state index contributed by atoms with van der Waals surface area (Å²) in [5.41, 5.74) is 5.08. The Bertz CT molecular complexity index is 1430. The van der Waals surface area contributed by atoms with E-state index in [2.05, 4.69) is 10.3 Å². The molecule has 3 nitrogen and oxygen atoms in total. The summed E-state index contributed by atoms with van der Waals surface area (Å²) in [6.45, 7) is 1.84. The van der Waals surface area contributed by atoms with E-state index < -0.39 is 11.6 Å². The largest absolute Gasteiger partial charge is 0.322 e.